The maximum atomic E-state index is 13.1. The third-order valence-corrected chi connectivity index (χ3v) is 5.99. The van der Waals surface area contributed by atoms with E-state index in [0.29, 0.717) is 16.9 Å². The number of anilines is 1. The molecule has 2 aliphatic carbocycles. The highest BCUT2D eigenvalue weighted by Crippen LogP contribution is 2.47. The van der Waals surface area contributed by atoms with Gasteiger partial charge in [-0.15, -0.1) is 0 Å². The van der Waals surface area contributed by atoms with Crippen LogP contribution in [0.1, 0.15) is 59.0 Å². The second kappa shape index (κ2) is 6.30. The van der Waals surface area contributed by atoms with Crippen molar-refractivity contribution in [3.8, 4) is 0 Å². The van der Waals surface area contributed by atoms with Crippen LogP contribution in [0.3, 0.4) is 0 Å². The van der Waals surface area contributed by atoms with E-state index in [1.54, 1.807) is 4.90 Å². The van der Waals surface area contributed by atoms with Crippen molar-refractivity contribution < 1.29 is 9.59 Å². The molecule has 6 nitrogen and oxygen atoms in total. The number of hydrogen-bond donors (Lipinski definition) is 1. The van der Waals surface area contributed by atoms with Crippen molar-refractivity contribution in [1.29, 1.82) is 0 Å². The number of nitrogens with zero attached hydrogens (tertiary/aromatic N) is 3. The normalized spacial score (nSPS) is 23.3. The van der Waals surface area contributed by atoms with Crippen molar-refractivity contribution in [1.82, 2.24) is 14.9 Å². The molecule has 2 amide bonds. The van der Waals surface area contributed by atoms with E-state index in [2.05, 4.69) is 27.4 Å². The molecule has 2 fully saturated rings. The highest BCUT2D eigenvalue weighted by Gasteiger charge is 2.43. The first-order valence-electron chi connectivity index (χ1n) is 9.30. The van der Waals surface area contributed by atoms with E-state index in [1.165, 1.54) is 36.4 Å². The lowest BCUT2D eigenvalue weighted by atomic mass is 9.75. The maximum Gasteiger partial charge on any atom is 0.254 e. The summed E-state index contributed by atoms with van der Waals surface area (Å²) in [7, 11) is 0. The summed E-state index contributed by atoms with van der Waals surface area (Å²) in [5.41, 5.74) is 3.28. The zero-order chi connectivity index (χ0) is 18.5. The van der Waals surface area contributed by atoms with Crippen LogP contribution in [0, 0.1) is 0 Å². The second-order valence-corrected chi connectivity index (χ2v) is 8.09. The first kappa shape index (κ1) is 16.7. The Labute approximate surface area is 161 Å². The topological polar surface area (TPSA) is 75.2 Å². The summed E-state index contributed by atoms with van der Waals surface area (Å²) in [6.07, 6.45) is 7.20. The Morgan fingerprint density at radius 1 is 1.19 bits per heavy atom. The fraction of sp³-hybridized carbons (Fsp3) is 0.400. The molecule has 2 saturated carbocycles. The molecule has 0 spiro atoms. The zero-order valence-electron chi connectivity index (χ0n) is 14.7. The average Bonchev–Trinajstić information content (AvgIpc) is 3.46. The molecule has 3 heterocycles. The van der Waals surface area contributed by atoms with Crippen molar-refractivity contribution in [2.45, 2.75) is 43.6 Å². The molecule has 2 bridgehead atoms. The lowest BCUT2D eigenvalue weighted by Gasteiger charge is -2.39. The summed E-state index contributed by atoms with van der Waals surface area (Å²) in [5.74, 6) is 0.940. The molecular weight excluding hydrogens is 364 g/mol. The first-order chi connectivity index (χ1) is 13.1. The maximum absolute atomic E-state index is 13.1. The number of nitrogens with one attached hydrogen (secondary N) is 1. The minimum Gasteiger partial charge on any atom is -0.326 e. The van der Waals surface area contributed by atoms with Gasteiger partial charge in [0.1, 0.15) is 6.54 Å². The molecular formula is C20H19ClN4O2. The van der Waals surface area contributed by atoms with Crippen LogP contribution in [0.2, 0.25) is 5.02 Å². The average molecular weight is 383 g/mol. The van der Waals surface area contributed by atoms with Crippen LogP contribution in [0.4, 0.5) is 5.95 Å². The van der Waals surface area contributed by atoms with Gasteiger partial charge in [0.2, 0.25) is 11.9 Å². The summed E-state index contributed by atoms with van der Waals surface area (Å²) >= 11 is 5.76. The van der Waals surface area contributed by atoms with Crippen molar-refractivity contribution in [2.24, 2.45) is 0 Å². The molecule has 0 radical (unpaired) electrons. The van der Waals surface area contributed by atoms with Gasteiger partial charge in [-0.3, -0.25) is 14.9 Å². The minimum absolute atomic E-state index is 0.00598. The van der Waals surface area contributed by atoms with E-state index >= 15 is 0 Å². The molecule has 1 N–H and O–H groups in total. The van der Waals surface area contributed by atoms with Gasteiger partial charge in [-0.05, 0) is 54.7 Å². The van der Waals surface area contributed by atoms with Crippen molar-refractivity contribution in [3.05, 3.63) is 52.3 Å². The quantitative estimate of drug-likeness (QED) is 0.879. The Bertz CT molecular complexity index is 920. The molecule has 27 heavy (non-hydrogen) atoms. The summed E-state index contributed by atoms with van der Waals surface area (Å²) in [6, 6.07) is 6.39. The number of carbonyl (C=O) groups excluding carboxylic acids is 2. The van der Waals surface area contributed by atoms with Crippen LogP contribution in [-0.4, -0.2) is 39.3 Å². The van der Waals surface area contributed by atoms with Gasteiger partial charge in [0.05, 0.1) is 17.4 Å². The SMILES string of the molecule is O=C(CN1C(=O)c2ccc(C3CC3)cc2C2CC1C2)Nc1ncc(Cl)cn1. The van der Waals surface area contributed by atoms with Crippen molar-refractivity contribution in [2.75, 3.05) is 11.9 Å². The zero-order valence-corrected chi connectivity index (χ0v) is 15.4. The molecule has 6 rings (SSSR count). The molecule has 0 saturated heterocycles. The summed E-state index contributed by atoms with van der Waals surface area (Å²) in [5, 5.41) is 3.04. The van der Waals surface area contributed by atoms with Gasteiger partial charge >= 0.3 is 0 Å². The Kier molecular flexibility index (Phi) is 3.90. The molecule has 1 aromatic carbocycles. The Hall–Kier alpha value is -2.47. The third kappa shape index (κ3) is 3.08. The van der Waals surface area contributed by atoms with Gasteiger partial charge in [-0.1, -0.05) is 23.7 Å². The largest absolute Gasteiger partial charge is 0.326 e. The van der Waals surface area contributed by atoms with E-state index in [0.717, 1.165) is 18.4 Å². The standard InChI is InChI=1S/C20H19ClN4O2/c21-14-8-22-20(23-9-14)24-18(26)10-25-15-5-13(6-15)17-7-12(11-1-2-11)3-4-16(17)19(25)27/h3-4,7-9,11,13,15H,1-2,5-6,10H2,(H,22,23,24,26). The minimum atomic E-state index is -0.299. The summed E-state index contributed by atoms with van der Waals surface area (Å²) < 4.78 is 0. The number of amides is 2. The molecule has 7 heteroatoms. The van der Waals surface area contributed by atoms with Crippen LogP contribution >= 0.6 is 11.6 Å². The van der Waals surface area contributed by atoms with Crippen LogP contribution in [0.5, 0.6) is 0 Å². The summed E-state index contributed by atoms with van der Waals surface area (Å²) in [6.45, 7) is 0.00598. The van der Waals surface area contributed by atoms with E-state index in [-0.39, 0.29) is 30.3 Å². The Morgan fingerprint density at radius 3 is 2.63 bits per heavy atom. The number of benzene rings is 1. The van der Waals surface area contributed by atoms with E-state index in [9.17, 15) is 9.59 Å². The number of carbonyl (C=O) groups is 2. The summed E-state index contributed by atoms with van der Waals surface area (Å²) in [4.78, 5) is 35.2. The lowest BCUT2D eigenvalue weighted by molar-refractivity contribution is -0.117. The first-order valence-corrected chi connectivity index (χ1v) is 9.68. The van der Waals surface area contributed by atoms with Crippen LogP contribution < -0.4 is 5.32 Å². The third-order valence-electron chi connectivity index (χ3n) is 5.79. The van der Waals surface area contributed by atoms with Gasteiger partial charge in [0.25, 0.3) is 5.91 Å². The molecule has 0 unspecified atom stereocenters. The fourth-order valence-electron chi connectivity index (χ4n) is 4.10. The highest BCUT2D eigenvalue weighted by molar-refractivity contribution is 6.30. The number of halogens is 1. The van der Waals surface area contributed by atoms with Gasteiger partial charge in [0, 0.05) is 11.6 Å². The number of fused-ring (bicyclic) bond motifs is 1. The monoisotopic (exact) mass is 382 g/mol. The second-order valence-electron chi connectivity index (χ2n) is 7.65. The predicted octanol–water partition coefficient (Wildman–Crippen LogP) is 3.35. The smallest absolute Gasteiger partial charge is 0.254 e. The van der Waals surface area contributed by atoms with Gasteiger partial charge in [-0.2, -0.15) is 0 Å². The van der Waals surface area contributed by atoms with Gasteiger partial charge < -0.3 is 4.90 Å². The van der Waals surface area contributed by atoms with E-state index in [1.807, 2.05) is 6.07 Å². The number of hydrogen-bond acceptors (Lipinski definition) is 4. The lowest BCUT2D eigenvalue weighted by Crippen LogP contribution is -2.47. The number of rotatable bonds is 4. The molecule has 138 valence electrons. The van der Waals surface area contributed by atoms with E-state index < -0.39 is 0 Å². The molecule has 2 aromatic rings. The van der Waals surface area contributed by atoms with Gasteiger partial charge in [-0.25, -0.2) is 9.97 Å². The number of aromatic nitrogens is 2. The van der Waals surface area contributed by atoms with E-state index in [4.69, 9.17) is 11.6 Å². The molecule has 4 aliphatic rings. The van der Waals surface area contributed by atoms with Gasteiger partial charge in [0.15, 0.2) is 0 Å². The van der Waals surface area contributed by atoms with Crippen molar-refractivity contribution >= 4 is 29.4 Å². The Morgan fingerprint density at radius 2 is 1.93 bits per heavy atom. The van der Waals surface area contributed by atoms with Crippen molar-refractivity contribution in [3.63, 3.8) is 0 Å². The Balaban J connectivity index is 1.35. The highest BCUT2D eigenvalue weighted by atomic mass is 35.5. The van der Waals surface area contributed by atoms with Crippen LogP contribution in [0.25, 0.3) is 0 Å². The van der Waals surface area contributed by atoms with Crippen LogP contribution in [0.15, 0.2) is 30.6 Å². The molecule has 0 atom stereocenters. The molecule has 1 aromatic heterocycles. The van der Waals surface area contributed by atoms with Crippen LogP contribution in [-0.2, 0) is 4.79 Å². The predicted molar refractivity (Wildman–Crippen MR) is 101 cm³/mol. The molecule has 2 aliphatic heterocycles. The fourth-order valence-corrected chi connectivity index (χ4v) is 4.20.